The van der Waals surface area contributed by atoms with Crippen LogP contribution in [0, 0.1) is 11.3 Å². The maximum absolute atomic E-state index is 12.6. The Morgan fingerprint density at radius 3 is 2.85 bits per heavy atom. The first-order chi connectivity index (χ1) is 9.50. The number of nitrogens with one attached hydrogen (secondary N) is 1. The van der Waals surface area contributed by atoms with Crippen LogP contribution in [0.15, 0.2) is 12.1 Å². The van der Waals surface area contributed by atoms with E-state index in [2.05, 4.69) is 10.3 Å². The zero-order valence-corrected chi connectivity index (χ0v) is 10.7. The van der Waals surface area contributed by atoms with E-state index in [9.17, 15) is 13.2 Å². The Morgan fingerprint density at radius 2 is 2.25 bits per heavy atom. The number of rotatable bonds is 4. The Kier molecular flexibility index (Phi) is 4.45. The van der Waals surface area contributed by atoms with Gasteiger partial charge in [0.2, 0.25) is 0 Å². The third kappa shape index (κ3) is 3.61. The summed E-state index contributed by atoms with van der Waals surface area (Å²) in [5.41, 5.74) is -0.901. The summed E-state index contributed by atoms with van der Waals surface area (Å²) >= 11 is 0. The number of ether oxygens (including phenoxy) is 1. The lowest BCUT2D eigenvalue weighted by Crippen LogP contribution is -2.15. The smallest absolute Gasteiger partial charge is 0.378 e. The van der Waals surface area contributed by atoms with E-state index in [1.165, 1.54) is 0 Å². The molecule has 1 atom stereocenters. The monoisotopic (exact) mass is 285 g/mol. The van der Waals surface area contributed by atoms with Crippen molar-refractivity contribution < 1.29 is 17.9 Å². The van der Waals surface area contributed by atoms with E-state index < -0.39 is 11.9 Å². The lowest BCUT2D eigenvalue weighted by atomic mass is 10.2. The van der Waals surface area contributed by atoms with Gasteiger partial charge < -0.3 is 10.1 Å². The van der Waals surface area contributed by atoms with Crippen LogP contribution in [0.5, 0.6) is 0 Å². The van der Waals surface area contributed by atoms with Crippen LogP contribution in [-0.4, -0.2) is 24.2 Å². The largest absolute Gasteiger partial charge is 0.433 e. The molecule has 0 saturated carbocycles. The minimum Gasteiger partial charge on any atom is -0.378 e. The van der Waals surface area contributed by atoms with Gasteiger partial charge in [-0.3, -0.25) is 0 Å². The number of alkyl halides is 3. The summed E-state index contributed by atoms with van der Waals surface area (Å²) in [6, 6.07) is 3.77. The Labute approximate surface area is 114 Å². The summed E-state index contributed by atoms with van der Waals surface area (Å²) in [7, 11) is 0. The van der Waals surface area contributed by atoms with Crippen LogP contribution in [0.1, 0.15) is 30.5 Å². The fraction of sp³-hybridized carbons (Fsp3) is 0.538. The van der Waals surface area contributed by atoms with Crippen LogP contribution in [-0.2, 0) is 10.9 Å². The lowest BCUT2D eigenvalue weighted by Gasteiger charge is -2.13. The first kappa shape index (κ1) is 14.6. The lowest BCUT2D eigenvalue weighted by molar-refractivity contribution is -0.141. The molecule has 1 aromatic rings. The van der Waals surface area contributed by atoms with Gasteiger partial charge in [-0.15, -0.1) is 0 Å². The van der Waals surface area contributed by atoms with E-state index in [0.717, 1.165) is 31.6 Å². The summed E-state index contributed by atoms with van der Waals surface area (Å²) in [4.78, 5) is 3.48. The summed E-state index contributed by atoms with van der Waals surface area (Å²) in [5, 5.41) is 11.7. The highest BCUT2D eigenvalue weighted by molar-refractivity contribution is 5.52. The molecule has 108 valence electrons. The van der Waals surface area contributed by atoms with Crippen molar-refractivity contribution in [2.24, 2.45) is 0 Å². The highest BCUT2D eigenvalue weighted by Crippen LogP contribution is 2.29. The van der Waals surface area contributed by atoms with Gasteiger partial charge in [0, 0.05) is 13.2 Å². The van der Waals surface area contributed by atoms with Crippen LogP contribution < -0.4 is 5.32 Å². The first-order valence-corrected chi connectivity index (χ1v) is 6.34. The molecule has 1 saturated heterocycles. The van der Waals surface area contributed by atoms with Gasteiger partial charge in [0.25, 0.3) is 0 Å². The zero-order valence-electron chi connectivity index (χ0n) is 10.7. The van der Waals surface area contributed by atoms with Crippen LogP contribution in [0.3, 0.4) is 0 Å². The highest BCUT2D eigenvalue weighted by Gasteiger charge is 2.33. The number of nitrogens with zero attached hydrogens (tertiary/aromatic N) is 2. The third-order valence-electron chi connectivity index (χ3n) is 3.09. The van der Waals surface area contributed by atoms with Crippen molar-refractivity contribution in [3.63, 3.8) is 0 Å². The Bertz CT molecular complexity index is 505. The number of pyridine rings is 1. The third-order valence-corrected chi connectivity index (χ3v) is 3.09. The van der Waals surface area contributed by atoms with Gasteiger partial charge >= 0.3 is 6.18 Å². The molecule has 20 heavy (non-hydrogen) atoms. The molecule has 1 aliphatic rings. The molecule has 1 unspecified atom stereocenters. The van der Waals surface area contributed by atoms with E-state index in [4.69, 9.17) is 10.00 Å². The molecule has 0 bridgehead atoms. The van der Waals surface area contributed by atoms with E-state index >= 15 is 0 Å². The molecule has 0 radical (unpaired) electrons. The molecule has 0 spiro atoms. The SMILES string of the molecule is N#Cc1ccc(C(F)(F)F)nc1NCCC1CCCO1. The fourth-order valence-corrected chi connectivity index (χ4v) is 2.07. The number of aromatic nitrogens is 1. The van der Waals surface area contributed by atoms with Gasteiger partial charge in [-0.2, -0.15) is 18.4 Å². The van der Waals surface area contributed by atoms with Gasteiger partial charge in [-0.1, -0.05) is 0 Å². The second-order valence-corrected chi connectivity index (χ2v) is 4.55. The van der Waals surface area contributed by atoms with Crippen LogP contribution in [0.25, 0.3) is 0 Å². The minimum atomic E-state index is -4.51. The van der Waals surface area contributed by atoms with Crippen molar-refractivity contribution in [2.75, 3.05) is 18.5 Å². The van der Waals surface area contributed by atoms with Gasteiger partial charge in [-0.05, 0) is 31.4 Å². The van der Waals surface area contributed by atoms with Gasteiger partial charge in [0.1, 0.15) is 17.6 Å². The average Bonchev–Trinajstić information content (AvgIpc) is 2.90. The molecule has 1 aliphatic heterocycles. The molecule has 1 N–H and O–H groups in total. The van der Waals surface area contributed by atoms with Crippen LogP contribution in [0.4, 0.5) is 19.0 Å². The van der Waals surface area contributed by atoms with Gasteiger partial charge in [0.15, 0.2) is 0 Å². The van der Waals surface area contributed by atoms with E-state index in [1.54, 1.807) is 0 Å². The topological polar surface area (TPSA) is 57.9 Å². The molecule has 1 fully saturated rings. The number of halogens is 3. The maximum atomic E-state index is 12.6. The quantitative estimate of drug-likeness (QED) is 0.924. The summed E-state index contributed by atoms with van der Waals surface area (Å²) in [6.45, 7) is 1.16. The molecule has 4 nitrogen and oxygen atoms in total. The number of hydrogen-bond acceptors (Lipinski definition) is 4. The minimum absolute atomic E-state index is 0.0275. The van der Waals surface area contributed by atoms with Crippen molar-refractivity contribution in [1.82, 2.24) is 4.98 Å². The summed E-state index contributed by atoms with van der Waals surface area (Å²) in [5.74, 6) is -0.0275. The normalized spacial score (nSPS) is 18.8. The Hall–Kier alpha value is -1.81. The van der Waals surface area contributed by atoms with Crippen LogP contribution >= 0.6 is 0 Å². The predicted molar refractivity (Wildman–Crippen MR) is 66.0 cm³/mol. The summed E-state index contributed by atoms with van der Waals surface area (Å²) in [6.07, 6.45) is -1.72. The highest BCUT2D eigenvalue weighted by atomic mass is 19.4. The maximum Gasteiger partial charge on any atom is 0.433 e. The van der Waals surface area contributed by atoms with Crippen molar-refractivity contribution >= 4 is 5.82 Å². The number of nitriles is 1. The second-order valence-electron chi connectivity index (χ2n) is 4.55. The van der Waals surface area contributed by atoms with E-state index in [1.807, 2.05) is 6.07 Å². The molecule has 7 heteroatoms. The van der Waals surface area contributed by atoms with Gasteiger partial charge in [-0.25, -0.2) is 4.98 Å². The Morgan fingerprint density at radius 1 is 1.45 bits per heavy atom. The molecule has 2 heterocycles. The molecule has 0 amide bonds. The molecule has 0 aromatic carbocycles. The number of hydrogen-bond donors (Lipinski definition) is 1. The average molecular weight is 285 g/mol. The van der Waals surface area contributed by atoms with Crippen molar-refractivity contribution in [3.8, 4) is 6.07 Å². The molecule has 0 aliphatic carbocycles. The van der Waals surface area contributed by atoms with Crippen molar-refractivity contribution in [1.29, 1.82) is 5.26 Å². The van der Waals surface area contributed by atoms with E-state index in [0.29, 0.717) is 13.0 Å². The molecule has 1 aromatic heterocycles. The Balaban J connectivity index is 2.02. The van der Waals surface area contributed by atoms with Crippen LogP contribution in [0.2, 0.25) is 0 Å². The van der Waals surface area contributed by atoms with Crippen molar-refractivity contribution in [3.05, 3.63) is 23.4 Å². The standard InChI is InChI=1S/C13H14F3N3O/c14-13(15,16)11-4-3-9(8-17)12(19-11)18-6-5-10-2-1-7-20-10/h3-4,10H,1-2,5-7H2,(H,18,19). The van der Waals surface area contributed by atoms with Gasteiger partial charge in [0.05, 0.1) is 11.7 Å². The predicted octanol–water partition coefficient (Wildman–Crippen LogP) is 2.95. The number of anilines is 1. The molecule has 2 rings (SSSR count). The zero-order chi connectivity index (χ0) is 14.6. The summed E-state index contributed by atoms with van der Waals surface area (Å²) < 4.78 is 43.2. The first-order valence-electron chi connectivity index (χ1n) is 6.34. The molecular formula is C13H14F3N3O. The van der Waals surface area contributed by atoms with E-state index in [-0.39, 0.29) is 17.5 Å². The molecular weight excluding hydrogens is 271 g/mol. The second kappa shape index (κ2) is 6.09. The van der Waals surface area contributed by atoms with Crippen molar-refractivity contribution in [2.45, 2.75) is 31.5 Å². The fourth-order valence-electron chi connectivity index (χ4n) is 2.07.